The van der Waals surface area contributed by atoms with Crippen molar-refractivity contribution in [2.45, 2.75) is 6.92 Å². The molecule has 0 fully saturated rings. The number of nitrogens with one attached hydrogen (secondary N) is 1. The molecule has 0 radical (unpaired) electrons. The number of fused-ring (bicyclic) bond motifs is 1. The molecule has 0 aliphatic carbocycles. The number of hydrogen-bond donors (Lipinski definition) is 1. The van der Waals surface area contributed by atoms with Crippen molar-refractivity contribution in [3.05, 3.63) is 81.8 Å². The van der Waals surface area contributed by atoms with Crippen molar-refractivity contribution >= 4 is 28.6 Å². The van der Waals surface area contributed by atoms with E-state index in [4.69, 9.17) is 4.99 Å². The number of hydrogen-bond acceptors (Lipinski definition) is 5. The summed E-state index contributed by atoms with van der Waals surface area (Å²) >= 11 is 1.64. The highest BCUT2D eigenvalue weighted by Gasteiger charge is 2.17. The fourth-order valence-corrected chi connectivity index (χ4v) is 3.17. The maximum Gasteiger partial charge on any atom is 0.164 e. The van der Waals surface area contributed by atoms with Gasteiger partial charge in [-0.25, -0.2) is 4.99 Å². The zero-order chi connectivity index (χ0) is 15.6. The van der Waals surface area contributed by atoms with E-state index in [-0.39, 0.29) is 0 Å². The monoisotopic (exact) mass is 318 g/mol. The predicted molar refractivity (Wildman–Crippen MR) is 94.7 cm³/mol. The van der Waals surface area contributed by atoms with E-state index in [0.29, 0.717) is 0 Å². The molecule has 3 aromatic rings. The SMILES string of the molecule is Cc1ccc2c(c1)C(c1ccncc1)=NNC(c1cccs1)=N2. The van der Waals surface area contributed by atoms with E-state index in [9.17, 15) is 0 Å². The summed E-state index contributed by atoms with van der Waals surface area (Å²) in [5, 5.41) is 6.66. The van der Waals surface area contributed by atoms with Crippen LogP contribution in [0.4, 0.5) is 5.69 Å². The van der Waals surface area contributed by atoms with Gasteiger partial charge in [-0.3, -0.25) is 10.4 Å². The summed E-state index contributed by atoms with van der Waals surface area (Å²) < 4.78 is 0. The van der Waals surface area contributed by atoms with Crippen molar-refractivity contribution in [1.82, 2.24) is 10.4 Å². The van der Waals surface area contributed by atoms with Crippen LogP contribution in [0.1, 0.15) is 21.6 Å². The van der Waals surface area contributed by atoms with Crippen molar-refractivity contribution in [3.8, 4) is 0 Å². The van der Waals surface area contributed by atoms with Crippen molar-refractivity contribution in [2.24, 2.45) is 10.1 Å². The maximum absolute atomic E-state index is 4.78. The Morgan fingerprint density at radius 2 is 1.91 bits per heavy atom. The largest absolute Gasteiger partial charge is 0.265 e. The number of pyridine rings is 1. The molecule has 4 nitrogen and oxygen atoms in total. The highest BCUT2D eigenvalue weighted by molar-refractivity contribution is 7.12. The van der Waals surface area contributed by atoms with Gasteiger partial charge < -0.3 is 0 Å². The van der Waals surface area contributed by atoms with Gasteiger partial charge in [0.1, 0.15) is 5.71 Å². The molecule has 112 valence electrons. The zero-order valence-electron chi connectivity index (χ0n) is 12.5. The van der Waals surface area contributed by atoms with E-state index >= 15 is 0 Å². The number of aliphatic imine (C=N–C) groups is 1. The van der Waals surface area contributed by atoms with Gasteiger partial charge in [0.05, 0.1) is 10.6 Å². The Labute approximate surface area is 138 Å². The molecule has 1 aliphatic rings. The number of thiophene rings is 1. The highest BCUT2D eigenvalue weighted by atomic mass is 32.1. The van der Waals surface area contributed by atoms with Crippen LogP contribution in [0, 0.1) is 6.92 Å². The summed E-state index contributed by atoms with van der Waals surface area (Å²) in [5.74, 6) is 0.772. The molecule has 0 atom stereocenters. The Balaban J connectivity index is 1.90. The Morgan fingerprint density at radius 1 is 1.04 bits per heavy atom. The van der Waals surface area contributed by atoms with E-state index in [1.54, 1.807) is 23.7 Å². The first kappa shape index (κ1) is 13.8. The van der Waals surface area contributed by atoms with Gasteiger partial charge in [0.15, 0.2) is 5.84 Å². The summed E-state index contributed by atoms with van der Waals surface area (Å²) in [6, 6.07) is 14.2. The number of nitrogens with zero attached hydrogens (tertiary/aromatic N) is 3. The van der Waals surface area contributed by atoms with Crippen LogP contribution in [-0.4, -0.2) is 16.5 Å². The number of aromatic nitrogens is 1. The van der Waals surface area contributed by atoms with E-state index in [0.717, 1.165) is 33.2 Å². The van der Waals surface area contributed by atoms with Gasteiger partial charge in [0.25, 0.3) is 0 Å². The molecule has 0 unspecified atom stereocenters. The molecule has 2 aromatic heterocycles. The summed E-state index contributed by atoms with van der Waals surface area (Å²) in [6.45, 7) is 2.08. The van der Waals surface area contributed by atoms with Gasteiger partial charge in [0, 0.05) is 23.5 Å². The first-order chi connectivity index (χ1) is 11.3. The first-order valence-electron chi connectivity index (χ1n) is 7.29. The van der Waals surface area contributed by atoms with Gasteiger partial charge >= 0.3 is 0 Å². The number of rotatable bonds is 2. The summed E-state index contributed by atoms with van der Waals surface area (Å²) in [7, 11) is 0. The molecule has 1 aliphatic heterocycles. The molecular weight excluding hydrogens is 304 g/mol. The number of amidine groups is 1. The normalized spacial score (nSPS) is 13.4. The van der Waals surface area contributed by atoms with Gasteiger partial charge in [-0.05, 0) is 42.6 Å². The third-order valence-corrected chi connectivity index (χ3v) is 4.50. The summed E-state index contributed by atoms with van der Waals surface area (Å²) in [5.41, 5.74) is 8.14. The molecule has 1 N–H and O–H groups in total. The molecule has 5 heteroatoms. The molecule has 1 aromatic carbocycles. The topological polar surface area (TPSA) is 49.6 Å². The van der Waals surface area contributed by atoms with E-state index < -0.39 is 0 Å². The van der Waals surface area contributed by atoms with Crippen LogP contribution in [0.2, 0.25) is 0 Å². The van der Waals surface area contributed by atoms with Gasteiger partial charge in [-0.1, -0.05) is 17.7 Å². The van der Waals surface area contributed by atoms with Crippen molar-refractivity contribution in [2.75, 3.05) is 0 Å². The van der Waals surface area contributed by atoms with Crippen LogP contribution < -0.4 is 5.43 Å². The van der Waals surface area contributed by atoms with Gasteiger partial charge in [-0.2, -0.15) is 5.10 Å². The van der Waals surface area contributed by atoms with Crippen molar-refractivity contribution in [3.63, 3.8) is 0 Å². The van der Waals surface area contributed by atoms with Crippen LogP contribution in [-0.2, 0) is 0 Å². The minimum Gasteiger partial charge on any atom is -0.265 e. The average molecular weight is 318 g/mol. The first-order valence-corrected chi connectivity index (χ1v) is 8.17. The summed E-state index contributed by atoms with van der Waals surface area (Å²) in [4.78, 5) is 9.94. The van der Waals surface area contributed by atoms with Crippen LogP contribution in [0.5, 0.6) is 0 Å². The average Bonchev–Trinajstić information content (AvgIpc) is 3.05. The molecule has 0 amide bonds. The van der Waals surface area contributed by atoms with Gasteiger partial charge in [0.2, 0.25) is 0 Å². The minimum absolute atomic E-state index is 0.772. The molecule has 4 rings (SSSR count). The standard InChI is InChI=1S/C18H14N4S/c1-12-4-5-15-14(11-12)17(13-6-8-19-9-7-13)21-22-18(20-15)16-3-2-10-23-16/h2-11H,1H3,(H,20,22). The fraction of sp³-hybridized carbons (Fsp3) is 0.0556. The second kappa shape index (κ2) is 5.78. The maximum atomic E-state index is 4.78. The van der Waals surface area contributed by atoms with Crippen LogP contribution in [0.25, 0.3) is 0 Å². The quantitative estimate of drug-likeness (QED) is 0.779. The molecule has 0 saturated carbocycles. The van der Waals surface area contributed by atoms with Gasteiger partial charge in [-0.15, -0.1) is 11.3 Å². The predicted octanol–water partition coefficient (Wildman–Crippen LogP) is 3.89. The minimum atomic E-state index is 0.772. The Morgan fingerprint density at radius 3 is 2.70 bits per heavy atom. The molecular formula is C18H14N4S. The third kappa shape index (κ3) is 2.66. The Hall–Kier alpha value is -2.79. The molecule has 3 heterocycles. The van der Waals surface area contributed by atoms with Crippen LogP contribution in [0.15, 0.2) is 70.3 Å². The highest BCUT2D eigenvalue weighted by Crippen LogP contribution is 2.27. The Kier molecular flexibility index (Phi) is 3.48. The third-order valence-electron chi connectivity index (χ3n) is 3.62. The van der Waals surface area contributed by atoms with E-state index in [1.165, 1.54) is 5.56 Å². The summed E-state index contributed by atoms with van der Waals surface area (Å²) in [6.07, 6.45) is 3.55. The second-order valence-electron chi connectivity index (χ2n) is 5.27. The molecule has 0 bridgehead atoms. The molecule has 0 saturated heterocycles. The second-order valence-corrected chi connectivity index (χ2v) is 6.21. The van der Waals surface area contributed by atoms with E-state index in [1.807, 2.05) is 35.7 Å². The lowest BCUT2D eigenvalue weighted by Gasteiger charge is -2.08. The smallest absolute Gasteiger partial charge is 0.164 e. The fourth-order valence-electron chi connectivity index (χ4n) is 2.50. The van der Waals surface area contributed by atoms with E-state index in [2.05, 4.69) is 34.6 Å². The lowest BCUT2D eigenvalue weighted by atomic mass is 10.00. The number of aryl methyl sites for hydroxylation is 1. The number of benzene rings is 1. The van der Waals surface area contributed by atoms with Crippen molar-refractivity contribution in [1.29, 1.82) is 0 Å². The molecule has 0 spiro atoms. The lowest BCUT2D eigenvalue weighted by Crippen LogP contribution is -2.18. The van der Waals surface area contributed by atoms with Crippen LogP contribution >= 0.6 is 11.3 Å². The Bertz CT molecular complexity index is 896. The molecule has 23 heavy (non-hydrogen) atoms. The zero-order valence-corrected chi connectivity index (χ0v) is 13.3. The van der Waals surface area contributed by atoms with Crippen molar-refractivity contribution < 1.29 is 0 Å². The van der Waals surface area contributed by atoms with Crippen LogP contribution in [0.3, 0.4) is 0 Å². The number of hydrazone groups is 1. The lowest BCUT2D eigenvalue weighted by molar-refractivity contribution is 1.03.